The van der Waals surface area contributed by atoms with Gasteiger partial charge in [0.15, 0.2) is 0 Å². The largest absolute Gasteiger partial charge is 0.0622 e. The smallest absolute Gasteiger partial charge is 0.00241 e. The molecular formula is C25H22. The van der Waals surface area contributed by atoms with Crippen molar-refractivity contribution in [3.8, 4) is 22.3 Å². The molecule has 4 aromatic rings. The summed E-state index contributed by atoms with van der Waals surface area (Å²) in [6.45, 7) is 6.65. The van der Waals surface area contributed by atoms with Crippen LogP contribution in [0, 0.1) is 20.8 Å². The SMILES string of the molecule is Cc1cccc(-c2c(C)cc3ccccc3c2-c2ccccc2)c1C. The summed E-state index contributed by atoms with van der Waals surface area (Å²) in [5, 5.41) is 2.61. The molecule has 4 rings (SSSR count). The van der Waals surface area contributed by atoms with Crippen LogP contribution in [0.5, 0.6) is 0 Å². The zero-order chi connectivity index (χ0) is 17.4. The highest BCUT2D eigenvalue weighted by Crippen LogP contribution is 2.41. The molecule has 0 aliphatic heterocycles. The Morgan fingerprint density at radius 2 is 1.28 bits per heavy atom. The van der Waals surface area contributed by atoms with E-state index in [1.165, 1.54) is 49.7 Å². The predicted octanol–water partition coefficient (Wildman–Crippen LogP) is 7.10. The van der Waals surface area contributed by atoms with Gasteiger partial charge in [-0.2, -0.15) is 0 Å². The number of fused-ring (bicyclic) bond motifs is 1. The number of benzene rings is 4. The van der Waals surface area contributed by atoms with Crippen LogP contribution in [-0.4, -0.2) is 0 Å². The third kappa shape index (κ3) is 2.64. The second kappa shape index (κ2) is 6.22. The topological polar surface area (TPSA) is 0 Å². The van der Waals surface area contributed by atoms with Crippen LogP contribution < -0.4 is 0 Å². The summed E-state index contributed by atoms with van der Waals surface area (Å²) in [6.07, 6.45) is 0. The molecule has 0 N–H and O–H groups in total. The molecule has 0 aromatic heterocycles. The maximum absolute atomic E-state index is 2.32. The van der Waals surface area contributed by atoms with Gasteiger partial charge >= 0.3 is 0 Å². The van der Waals surface area contributed by atoms with Crippen molar-refractivity contribution in [1.29, 1.82) is 0 Å². The summed E-state index contributed by atoms with van der Waals surface area (Å²) in [5.41, 5.74) is 9.32. The molecule has 0 nitrogen and oxygen atoms in total. The molecule has 0 spiro atoms. The van der Waals surface area contributed by atoms with Crippen LogP contribution in [-0.2, 0) is 0 Å². The van der Waals surface area contributed by atoms with Gasteiger partial charge in [-0.15, -0.1) is 0 Å². The lowest BCUT2D eigenvalue weighted by molar-refractivity contribution is 1.33. The quantitative estimate of drug-likeness (QED) is 0.369. The maximum atomic E-state index is 2.32. The van der Waals surface area contributed by atoms with Gasteiger partial charge in [0.05, 0.1) is 0 Å². The Hall–Kier alpha value is -2.86. The van der Waals surface area contributed by atoms with Crippen LogP contribution in [0.3, 0.4) is 0 Å². The fraction of sp³-hybridized carbons (Fsp3) is 0.120. The lowest BCUT2D eigenvalue weighted by Gasteiger charge is -2.19. The molecule has 0 heteroatoms. The van der Waals surface area contributed by atoms with Gasteiger partial charge < -0.3 is 0 Å². The maximum Gasteiger partial charge on any atom is -0.00241 e. The predicted molar refractivity (Wildman–Crippen MR) is 109 cm³/mol. The van der Waals surface area contributed by atoms with Crippen molar-refractivity contribution in [1.82, 2.24) is 0 Å². The molecule has 0 fully saturated rings. The van der Waals surface area contributed by atoms with Crippen LogP contribution in [0.15, 0.2) is 78.9 Å². The Balaban J connectivity index is 2.18. The fourth-order valence-corrected chi connectivity index (χ4v) is 3.76. The minimum Gasteiger partial charge on any atom is -0.0622 e. The van der Waals surface area contributed by atoms with Gasteiger partial charge in [0.25, 0.3) is 0 Å². The van der Waals surface area contributed by atoms with Crippen molar-refractivity contribution >= 4 is 10.8 Å². The van der Waals surface area contributed by atoms with Crippen molar-refractivity contribution in [3.63, 3.8) is 0 Å². The second-order valence-electron chi connectivity index (χ2n) is 6.78. The van der Waals surface area contributed by atoms with E-state index in [1.807, 2.05) is 0 Å². The van der Waals surface area contributed by atoms with Gasteiger partial charge in [0.2, 0.25) is 0 Å². The van der Waals surface area contributed by atoms with E-state index in [0.717, 1.165) is 0 Å². The van der Waals surface area contributed by atoms with Gasteiger partial charge in [-0.25, -0.2) is 0 Å². The Bertz CT molecular complexity index is 1060. The van der Waals surface area contributed by atoms with Gasteiger partial charge in [-0.1, -0.05) is 78.9 Å². The van der Waals surface area contributed by atoms with Gasteiger partial charge in [-0.3, -0.25) is 0 Å². The molecule has 122 valence electrons. The minimum atomic E-state index is 1.28. The van der Waals surface area contributed by atoms with E-state index < -0.39 is 0 Å². The Morgan fingerprint density at radius 1 is 0.560 bits per heavy atom. The summed E-state index contributed by atoms with van der Waals surface area (Å²) in [5.74, 6) is 0. The Labute approximate surface area is 149 Å². The van der Waals surface area contributed by atoms with E-state index in [0.29, 0.717) is 0 Å². The fourth-order valence-electron chi connectivity index (χ4n) is 3.76. The first-order valence-electron chi connectivity index (χ1n) is 8.81. The van der Waals surface area contributed by atoms with Crippen LogP contribution in [0.4, 0.5) is 0 Å². The lowest BCUT2D eigenvalue weighted by atomic mass is 9.84. The van der Waals surface area contributed by atoms with Crippen molar-refractivity contribution in [2.24, 2.45) is 0 Å². The molecule has 0 aliphatic rings. The molecule has 0 unspecified atom stereocenters. The van der Waals surface area contributed by atoms with Crippen molar-refractivity contribution in [2.75, 3.05) is 0 Å². The molecule has 0 saturated carbocycles. The number of aryl methyl sites for hydroxylation is 2. The minimum absolute atomic E-state index is 1.28. The monoisotopic (exact) mass is 322 g/mol. The summed E-state index contributed by atoms with van der Waals surface area (Å²) in [4.78, 5) is 0. The molecule has 0 amide bonds. The Morgan fingerprint density at radius 3 is 2.08 bits per heavy atom. The van der Waals surface area contributed by atoms with Crippen molar-refractivity contribution in [2.45, 2.75) is 20.8 Å². The first-order chi connectivity index (χ1) is 12.2. The lowest BCUT2D eigenvalue weighted by Crippen LogP contribution is -1.95. The first-order valence-corrected chi connectivity index (χ1v) is 8.81. The van der Waals surface area contributed by atoms with E-state index in [9.17, 15) is 0 Å². The number of hydrogen-bond donors (Lipinski definition) is 0. The van der Waals surface area contributed by atoms with Crippen LogP contribution in [0.2, 0.25) is 0 Å². The molecular weight excluding hydrogens is 300 g/mol. The number of rotatable bonds is 2. The third-order valence-corrected chi connectivity index (χ3v) is 5.18. The normalized spacial score (nSPS) is 11.0. The average molecular weight is 322 g/mol. The van der Waals surface area contributed by atoms with Gasteiger partial charge in [0, 0.05) is 0 Å². The van der Waals surface area contributed by atoms with E-state index in [4.69, 9.17) is 0 Å². The summed E-state index contributed by atoms with van der Waals surface area (Å²) in [7, 11) is 0. The molecule has 0 aliphatic carbocycles. The summed E-state index contributed by atoms with van der Waals surface area (Å²) < 4.78 is 0. The molecule has 0 heterocycles. The van der Waals surface area contributed by atoms with Crippen LogP contribution in [0.25, 0.3) is 33.0 Å². The molecule has 25 heavy (non-hydrogen) atoms. The van der Waals surface area contributed by atoms with Crippen LogP contribution >= 0.6 is 0 Å². The first kappa shape index (κ1) is 15.7. The van der Waals surface area contributed by atoms with E-state index in [-0.39, 0.29) is 0 Å². The molecule has 0 saturated heterocycles. The highest BCUT2D eigenvalue weighted by atomic mass is 14.2. The van der Waals surface area contributed by atoms with Gasteiger partial charge in [-0.05, 0) is 70.5 Å². The highest BCUT2D eigenvalue weighted by Gasteiger charge is 2.16. The molecule has 4 aromatic carbocycles. The summed E-state index contributed by atoms with van der Waals surface area (Å²) >= 11 is 0. The summed E-state index contributed by atoms with van der Waals surface area (Å²) in [6, 6.07) is 28.4. The molecule has 0 bridgehead atoms. The second-order valence-corrected chi connectivity index (χ2v) is 6.78. The van der Waals surface area contributed by atoms with Crippen molar-refractivity contribution < 1.29 is 0 Å². The zero-order valence-electron chi connectivity index (χ0n) is 15.0. The third-order valence-electron chi connectivity index (χ3n) is 5.18. The Kier molecular flexibility index (Phi) is 3.89. The van der Waals surface area contributed by atoms with E-state index in [2.05, 4.69) is 99.6 Å². The van der Waals surface area contributed by atoms with Crippen LogP contribution in [0.1, 0.15) is 16.7 Å². The zero-order valence-corrected chi connectivity index (χ0v) is 15.0. The van der Waals surface area contributed by atoms with E-state index >= 15 is 0 Å². The standard InChI is InChI=1S/C25H22/c1-17-10-9-15-22(19(17)3)24-18(2)16-21-13-7-8-14-23(21)25(24)20-11-5-4-6-12-20/h4-16H,1-3H3. The molecule has 0 atom stereocenters. The van der Waals surface area contributed by atoms with Crippen molar-refractivity contribution in [3.05, 3.63) is 95.6 Å². The average Bonchev–Trinajstić information content (AvgIpc) is 2.64. The van der Waals surface area contributed by atoms with E-state index in [1.54, 1.807) is 0 Å². The number of hydrogen-bond acceptors (Lipinski definition) is 0. The highest BCUT2D eigenvalue weighted by molar-refractivity contribution is 6.05. The van der Waals surface area contributed by atoms with Gasteiger partial charge in [0.1, 0.15) is 0 Å². The molecule has 0 radical (unpaired) electrons.